The molecule has 0 aliphatic carbocycles. The number of anilines is 1. The molecular formula is C18H20N4O4. The molecule has 136 valence electrons. The molecule has 0 aliphatic rings. The van der Waals surface area contributed by atoms with Crippen LogP contribution in [0.3, 0.4) is 0 Å². The second-order valence-electron chi connectivity index (χ2n) is 5.29. The van der Waals surface area contributed by atoms with Crippen molar-refractivity contribution in [3.8, 4) is 11.5 Å². The zero-order chi connectivity index (χ0) is 18.9. The topological polar surface area (TPSA) is 102 Å². The highest BCUT2D eigenvalue weighted by Gasteiger charge is 2.13. The Kier molecular flexibility index (Phi) is 6.67. The molecule has 1 aromatic carbocycles. The lowest BCUT2D eigenvalue weighted by Gasteiger charge is -2.09. The minimum absolute atomic E-state index is 0.0244. The molecule has 2 amide bonds. The van der Waals surface area contributed by atoms with Gasteiger partial charge in [-0.15, -0.1) is 0 Å². The first-order valence-corrected chi connectivity index (χ1v) is 7.80. The van der Waals surface area contributed by atoms with E-state index in [1.54, 1.807) is 49.5 Å². The summed E-state index contributed by atoms with van der Waals surface area (Å²) in [6.45, 7) is 1.64. The third kappa shape index (κ3) is 5.30. The molecule has 1 aromatic heterocycles. The Hall–Kier alpha value is -3.42. The Morgan fingerprint density at radius 2 is 1.96 bits per heavy atom. The number of amides is 2. The van der Waals surface area contributed by atoms with E-state index in [4.69, 9.17) is 9.47 Å². The molecule has 0 bridgehead atoms. The monoisotopic (exact) mass is 356 g/mol. The molecule has 2 N–H and O–H groups in total. The molecule has 2 rings (SSSR count). The van der Waals surface area contributed by atoms with E-state index in [1.807, 2.05) is 0 Å². The molecule has 0 spiro atoms. The van der Waals surface area contributed by atoms with Gasteiger partial charge in [0.2, 0.25) is 5.91 Å². The normalized spacial score (nSPS) is 10.8. The molecule has 0 saturated carbocycles. The summed E-state index contributed by atoms with van der Waals surface area (Å²) in [5.41, 5.74) is 3.16. The maximum atomic E-state index is 12.3. The average molecular weight is 356 g/mol. The van der Waals surface area contributed by atoms with Crippen molar-refractivity contribution in [3.05, 3.63) is 48.2 Å². The van der Waals surface area contributed by atoms with E-state index < -0.39 is 5.91 Å². The van der Waals surface area contributed by atoms with Crippen molar-refractivity contribution in [2.75, 3.05) is 19.5 Å². The number of carbonyl (C=O) groups excluding carboxylic acids is 2. The van der Waals surface area contributed by atoms with Gasteiger partial charge in [0.15, 0.2) is 0 Å². The summed E-state index contributed by atoms with van der Waals surface area (Å²) in [4.78, 5) is 28.2. The second kappa shape index (κ2) is 9.16. The number of aromatic nitrogens is 1. The Morgan fingerprint density at radius 1 is 1.15 bits per heavy atom. The van der Waals surface area contributed by atoms with Crippen LogP contribution in [0.4, 0.5) is 5.82 Å². The maximum absolute atomic E-state index is 12.3. The van der Waals surface area contributed by atoms with Crippen LogP contribution in [0, 0.1) is 0 Å². The molecule has 0 fully saturated rings. The van der Waals surface area contributed by atoms with Crippen LogP contribution in [0.1, 0.15) is 23.7 Å². The first kappa shape index (κ1) is 18.9. The molecule has 0 radical (unpaired) electrons. The average Bonchev–Trinajstić information content (AvgIpc) is 2.66. The van der Waals surface area contributed by atoms with Crippen LogP contribution in [-0.2, 0) is 4.79 Å². The minimum Gasteiger partial charge on any atom is -0.497 e. The van der Waals surface area contributed by atoms with Crippen LogP contribution in [0.15, 0.2) is 47.7 Å². The summed E-state index contributed by atoms with van der Waals surface area (Å²) >= 11 is 0. The largest absolute Gasteiger partial charge is 0.497 e. The van der Waals surface area contributed by atoms with Crippen LogP contribution in [0.5, 0.6) is 11.5 Å². The molecule has 2 aromatic rings. The van der Waals surface area contributed by atoms with Crippen LogP contribution >= 0.6 is 0 Å². The van der Waals surface area contributed by atoms with E-state index in [9.17, 15) is 9.59 Å². The summed E-state index contributed by atoms with van der Waals surface area (Å²) in [5.74, 6) is 0.666. The van der Waals surface area contributed by atoms with Crippen molar-refractivity contribution in [1.82, 2.24) is 10.4 Å². The first-order chi connectivity index (χ1) is 12.5. The van der Waals surface area contributed by atoms with E-state index in [2.05, 4.69) is 20.8 Å². The number of hydrogen-bond donors (Lipinski definition) is 2. The summed E-state index contributed by atoms with van der Waals surface area (Å²) in [5, 5.41) is 6.59. The van der Waals surface area contributed by atoms with Gasteiger partial charge in [0.25, 0.3) is 5.91 Å². The third-order valence-electron chi connectivity index (χ3n) is 3.35. The lowest BCUT2D eigenvalue weighted by atomic mass is 10.2. The Balaban J connectivity index is 1.95. The van der Waals surface area contributed by atoms with E-state index in [1.165, 1.54) is 14.2 Å². The number of ether oxygens (including phenoxy) is 2. The number of carbonyl (C=O) groups is 2. The predicted molar refractivity (Wildman–Crippen MR) is 97.6 cm³/mol. The molecule has 0 unspecified atom stereocenters. The van der Waals surface area contributed by atoms with Gasteiger partial charge in [0, 0.05) is 18.0 Å². The lowest BCUT2D eigenvalue weighted by molar-refractivity contribution is -0.115. The third-order valence-corrected chi connectivity index (χ3v) is 3.35. The van der Waals surface area contributed by atoms with E-state index >= 15 is 0 Å². The number of hydrogen-bond acceptors (Lipinski definition) is 6. The van der Waals surface area contributed by atoms with Crippen LogP contribution in [0.25, 0.3) is 0 Å². The number of rotatable bonds is 7. The molecule has 26 heavy (non-hydrogen) atoms. The van der Waals surface area contributed by atoms with Gasteiger partial charge >= 0.3 is 0 Å². The van der Waals surface area contributed by atoms with Gasteiger partial charge in [-0.2, -0.15) is 5.10 Å². The van der Waals surface area contributed by atoms with Crippen LogP contribution < -0.4 is 20.2 Å². The number of benzene rings is 1. The fourth-order valence-electron chi connectivity index (χ4n) is 2.09. The zero-order valence-corrected chi connectivity index (χ0v) is 14.8. The summed E-state index contributed by atoms with van der Waals surface area (Å²) < 4.78 is 10.3. The Bertz CT molecular complexity index is 806. The molecule has 8 heteroatoms. The standard InChI is InChI=1S/C18H20N4O4/c1-12(10-17(23)20-16-6-4-5-9-19-16)21-22-18(24)14-8-7-13(25-2)11-15(14)26-3/h4-9,11H,10H2,1-3H3,(H,22,24)(H,19,20,23)/b21-12+. The Labute approximate surface area is 151 Å². The summed E-state index contributed by atoms with van der Waals surface area (Å²) in [6, 6.07) is 10.0. The van der Waals surface area contributed by atoms with Crippen LogP contribution in [-0.4, -0.2) is 36.7 Å². The van der Waals surface area contributed by atoms with Gasteiger partial charge < -0.3 is 14.8 Å². The van der Waals surface area contributed by atoms with Crippen molar-refractivity contribution >= 4 is 23.3 Å². The van der Waals surface area contributed by atoms with Crippen molar-refractivity contribution in [1.29, 1.82) is 0 Å². The maximum Gasteiger partial charge on any atom is 0.275 e. The highest BCUT2D eigenvalue weighted by Crippen LogP contribution is 2.24. The number of methoxy groups -OCH3 is 2. The second-order valence-corrected chi connectivity index (χ2v) is 5.29. The fourth-order valence-corrected chi connectivity index (χ4v) is 2.09. The molecular weight excluding hydrogens is 336 g/mol. The molecule has 0 saturated heterocycles. The summed E-state index contributed by atoms with van der Waals surface area (Å²) in [7, 11) is 2.99. The van der Waals surface area contributed by atoms with E-state index in [0.717, 1.165) is 0 Å². The van der Waals surface area contributed by atoms with Gasteiger partial charge in [0.1, 0.15) is 17.3 Å². The van der Waals surface area contributed by atoms with Crippen molar-refractivity contribution in [2.24, 2.45) is 5.10 Å². The highest BCUT2D eigenvalue weighted by molar-refractivity contribution is 6.06. The van der Waals surface area contributed by atoms with Gasteiger partial charge in [-0.1, -0.05) is 6.07 Å². The Morgan fingerprint density at radius 3 is 2.62 bits per heavy atom. The predicted octanol–water partition coefficient (Wildman–Crippen LogP) is 2.23. The van der Waals surface area contributed by atoms with Crippen molar-refractivity contribution in [3.63, 3.8) is 0 Å². The molecule has 0 atom stereocenters. The van der Waals surface area contributed by atoms with Crippen molar-refractivity contribution in [2.45, 2.75) is 13.3 Å². The van der Waals surface area contributed by atoms with Gasteiger partial charge in [-0.25, -0.2) is 10.4 Å². The smallest absolute Gasteiger partial charge is 0.275 e. The first-order valence-electron chi connectivity index (χ1n) is 7.80. The number of pyridine rings is 1. The lowest BCUT2D eigenvalue weighted by Crippen LogP contribution is -2.22. The SMILES string of the molecule is COc1ccc(C(=O)N/N=C(\C)CC(=O)Nc2ccccn2)c(OC)c1. The molecule has 1 heterocycles. The molecule has 0 aliphatic heterocycles. The number of hydrazone groups is 1. The minimum atomic E-state index is -0.450. The highest BCUT2D eigenvalue weighted by atomic mass is 16.5. The number of nitrogens with zero attached hydrogens (tertiary/aromatic N) is 2. The van der Waals surface area contributed by atoms with Gasteiger partial charge in [0.05, 0.1) is 26.2 Å². The molecule has 8 nitrogen and oxygen atoms in total. The number of nitrogens with one attached hydrogen (secondary N) is 2. The van der Waals surface area contributed by atoms with E-state index in [0.29, 0.717) is 28.6 Å². The van der Waals surface area contributed by atoms with Crippen molar-refractivity contribution < 1.29 is 19.1 Å². The van der Waals surface area contributed by atoms with Crippen LogP contribution in [0.2, 0.25) is 0 Å². The van der Waals surface area contributed by atoms with E-state index in [-0.39, 0.29) is 12.3 Å². The zero-order valence-electron chi connectivity index (χ0n) is 14.8. The summed E-state index contributed by atoms with van der Waals surface area (Å²) in [6.07, 6.45) is 1.61. The quantitative estimate of drug-likeness (QED) is 0.585. The fraction of sp³-hybridized carbons (Fsp3) is 0.222. The van der Waals surface area contributed by atoms with Gasteiger partial charge in [-0.05, 0) is 31.2 Å². The van der Waals surface area contributed by atoms with Gasteiger partial charge in [-0.3, -0.25) is 9.59 Å².